The molecule has 1 unspecified atom stereocenters. The number of rotatable bonds is 10. The van der Waals surface area contributed by atoms with E-state index in [2.05, 4.69) is 44.6 Å². The highest BCUT2D eigenvalue weighted by Gasteiger charge is 2.28. The third kappa shape index (κ3) is 5.00. The van der Waals surface area contributed by atoms with Gasteiger partial charge in [0.15, 0.2) is 0 Å². The van der Waals surface area contributed by atoms with Gasteiger partial charge in [-0.3, -0.25) is 9.59 Å². The molecule has 0 spiro atoms. The minimum Gasteiger partial charge on any atom is -0.381 e. The van der Waals surface area contributed by atoms with E-state index in [1.165, 1.54) is 30.8 Å². The molecule has 1 fully saturated rings. The van der Waals surface area contributed by atoms with Crippen molar-refractivity contribution in [2.24, 2.45) is 0 Å². The van der Waals surface area contributed by atoms with Gasteiger partial charge in [-0.25, -0.2) is 4.98 Å². The molecular formula is C29H34N6O2S. The number of imidazole rings is 1. The Morgan fingerprint density at radius 1 is 1.16 bits per heavy atom. The maximum absolute atomic E-state index is 13.2. The number of nitrogens with one attached hydrogen (secondary N) is 3. The van der Waals surface area contributed by atoms with E-state index in [9.17, 15) is 9.59 Å². The van der Waals surface area contributed by atoms with Gasteiger partial charge in [0.1, 0.15) is 11.4 Å². The number of amides is 1. The van der Waals surface area contributed by atoms with E-state index in [1.54, 1.807) is 17.5 Å². The van der Waals surface area contributed by atoms with Gasteiger partial charge in [-0.15, -0.1) is 11.3 Å². The first-order valence-electron chi connectivity index (χ1n) is 13.6. The van der Waals surface area contributed by atoms with Crippen LogP contribution < -0.4 is 10.9 Å². The van der Waals surface area contributed by atoms with Crippen LogP contribution in [-0.2, 0) is 13.0 Å². The van der Waals surface area contributed by atoms with Crippen molar-refractivity contribution in [3.8, 4) is 11.4 Å². The normalized spacial score (nSPS) is 16.4. The fraction of sp³-hybridized carbons (Fsp3) is 0.414. The Labute approximate surface area is 226 Å². The lowest BCUT2D eigenvalue weighted by Crippen LogP contribution is -2.29. The van der Waals surface area contributed by atoms with Crippen LogP contribution in [0, 0.1) is 0 Å². The number of benzene rings is 1. The first-order valence-corrected chi connectivity index (χ1v) is 14.5. The van der Waals surface area contributed by atoms with Crippen molar-refractivity contribution in [2.45, 2.75) is 51.6 Å². The van der Waals surface area contributed by atoms with Gasteiger partial charge < -0.3 is 25.1 Å². The molecule has 3 aromatic heterocycles. The first kappa shape index (κ1) is 24.9. The van der Waals surface area contributed by atoms with Crippen LogP contribution in [0.4, 0.5) is 5.69 Å². The molecule has 38 heavy (non-hydrogen) atoms. The standard InChI is InChI=1S/C29H34N6O2S/c1-2-20(16-21-7-5-14-38-21)31-23-8-9-30-28(36)26(23)27-32-24-15-19-18-35(13-6-12-34-10-3-4-11-34)29(37)22(19)17-25(24)33-27/h5,7-9,14-15,17,20H,2-4,6,10-13,16,18H2,1H3,(H,32,33)(H2,30,31,36). The Kier molecular flexibility index (Phi) is 7.04. The Balaban J connectivity index is 1.22. The summed E-state index contributed by atoms with van der Waals surface area (Å²) in [4.78, 5) is 42.8. The monoisotopic (exact) mass is 530 g/mol. The molecule has 1 atom stereocenters. The van der Waals surface area contributed by atoms with Crippen LogP contribution >= 0.6 is 11.3 Å². The van der Waals surface area contributed by atoms with Crippen LogP contribution in [0.15, 0.2) is 46.7 Å². The number of anilines is 1. The summed E-state index contributed by atoms with van der Waals surface area (Å²) < 4.78 is 0. The number of carbonyl (C=O) groups is 1. The zero-order valence-electron chi connectivity index (χ0n) is 21.8. The highest BCUT2D eigenvalue weighted by atomic mass is 32.1. The molecule has 6 rings (SSSR count). The Morgan fingerprint density at radius 3 is 2.82 bits per heavy atom. The average molecular weight is 531 g/mol. The average Bonchev–Trinajstić information content (AvgIpc) is 3.72. The smallest absolute Gasteiger partial charge is 0.261 e. The second-order valence-electron chi connectivity index (χ2n) is 10.4. The minimum absolute atomic E-state index is 0.0822. The molecule has 5 heterocycles. The molecule has 2 aliphatic rings. The second kappa shape index (κ2) is 10.7. The molecule has 0 bridgehead atoms. The van der Waals surface area contributed by atoms with Gasteiger partial charge in [0.25, 0.3) is 11.5 Å². The van der Waals surface area contributed by atoms with E-state index < -0.39 is 0 Å². The molecule has 1 saturated heterocycles. The number of pyridine rings is 1. The molecule has 9 heteroatoms. The van der Waals surface area contributed by atoms with Gasteiger partial charge in [0, 0.05) is 42.2 Å². The lowest BCUT2D eigenvalue weighted by Gasteiger charge is -2.19. The summed E-state index contributed by atoms with van der Waals surface area (Å²) in [5.41, 5.74) is 4.32. The molecule has 4 aromatic rings. The molecule has 1 amide bonds. The molecule has 0 radical (unpaired) electrons. The minimum atomic E-state index is -0.201. The Hall–Kier alpha value is -3.43. The summed E-state index contributed by atoms with van der Waals surface area (Å²) in [6, 6.07) is 10.2. The predicted molar refractivity (Wildman–Crippen MR) is 153 cm³/mol. The van der Waals surface area contributed by atoms with E-state index in [1.807, 2.05) is 23.1 Å². The molecule has 0 aliphatic carbocycles. The van der Waals surface area contributed by atoms with Crippen molar-refractivity contribution in [1.82, 2.24) is 24.8 Å². The van der Waals surface area contributed by atoms with E-state index in [0.717, 1.165) is 60.2 Å². The van der Waals surface area contributed by atoms with Gasteiger partial charge in [-0.05, 0) is 80.5 Å². The zero-order chi connectivity index (χ0) is 26.1. The van der Waals surface area contributed by atoms with Crippen LogP contribution in [0.3, 0.4) is 0 Å². The Morgan fingerprint density at radius 2 is 2.03 bits per heavy atom. The van der Waals surface area contributed by atoms with Crippen LogP contribution in [0.5, 0.6) is 0 Å². The molecule has 3 N–H and O–H groups in total. The van der Waals surface area contributed by atoms with Crippen LogP contribution in [0.25, 0.3) is 22.4 Å². The summed E-state index contributed by atoms with van der Waals surface area (Å²) in [7, 11) is 0. The van der Waals surface area contributed by atoms with Gasteiger partial charge in [0.2, 0.25) is 0 Å². The molecule has 0 saturated carbocycles. The highest BCUT2D eigenvalue weighted by Crippen LogP contribution is 2.30. The number of thiophene rings is 1. The molecule has 1 aromatic carbocycles. The summed E-state index contributed by atoms with van der Waals surface area (Å²) in [6.07, 6.45) is 7.06. The summed E-state index contributed by atoms with van der Waals surface area (Å²) in [6.45, 7) is 6.96. The predicted octanol–water partition coefficient (Wildman–Crippen LogP) is 4.85. The fourth-order valence-electron chi connectivity index (χ4n) is 5.69. The van der Waals surface area contributed by atoms with E-state index in [4.69, 9.17) is 4.98 Å². The largest absolute Gasteiger partial charge is 0.381 e. The van der Waals surface area contributed by atoms with Crippen molar-refractivity contribution < 1.29 is 4.79 Å². The van der Waals surface area contributed by atoms with Crippen LogP contribution in [0.2, 0.25) is 0 Å². The quantitative estimate of drug-likeness (QED) is 0.272. The fourth-order valence-corrected chi connectivity index (χ4v) is 6.48. The third-order valence-corrected chi connectivity index (χ3v) is 8.66. The van der Waals surface area contributed by atoms with Crippen molar-refractivity contribution in [2.75, 3.05) is 31.5 Å². The molecule has 2 aliphatic heterocycles. The lowest BCUT2D eigenvalue weighted by atomic mass is 10.1. The van der Waals surface area contributed by atoms with Crippen molar-refractivity contribution in [3.63, 3.8) is 0 Å². The van der Waals surface area contributed by atoms with Gasteiger partial charge in [-0.2, -0.15) is 0 Å². The maximum Gasteiger partial charge on any atom is 0.261 e. The number of likely N-dealkylation sites (tertiary alicyclic amines) is 1. The van der Waals surface area contributed by atoms with Crippen LogP contribution in [0.1, 0.15) is 53.4 Å². The zero-order valence-corrected chi connectivity index (χ0v) is 22.6. The number of hydrogen-bond acceptors (Lipinski definition) is 6. The molecule has 198 valence electrons. The van der Waals surface area contributed by atoms with Crippen molar-refractivity contribution in [1.29, 1.82) is 0 Å². The maximum atomic E-state index is 13.2. The lowest BCUT2D eigenvalue weighted by molar-refractivity contribution is 0.0772. The number of nitrogens with zero attached hydrogens (tertiary/aromatic N) is 3. The first-order chi connectivity index (χ1) is 18.6. The topological polar surface area (TPSA) is 97.1 Å². The second-order valence-corrected chi connectivity index (χ2v) is 11.4. The highest BCUT2D eigenvalue weighted by molar-refractivity contribution is 7.09. The molecular weight excluding hydrogens is 496 g/mol. The SMILES string of the molecule is CCC(Cc1cccs1)Nc1cc[nH]c(=O)c1-c1nc2cc3c(cc2[nH]1)C(=O)N(CCCN1CCCC1)C3. The van der Waals surface area contributed by atoms with E-state index >= 15 is 0 Å². The van der Waals surface area contributed by atoms with Gasteiger partial charge in [-0.1, -0.05) is 13.0 Å². The number of hydrogen-bond donors (Lipinski definition) is 3. The number of aromatic nitrogens is 3. The molecule has 8 nitrogen and oxygen atoms in total. The number of H-pyrrole nitrogens is 2. The van der Waals surface area contributed by atoms with Gasteiger partial charge in [0.05, 0.1) is 16.7 Å². The van der Waals surface area contributed by atoms with Crippen molar-refractivity contribution in [3.05, 3.63) is 68.3 Å². The number of fused-ring (bicyclic) bond motifs is 2. The van der Waals surface area contributed by atoms with Crippen LogP contribution in [-0.4, -0.2) is 62.9 Å². The summed E-state index contributed by atoms with van der Waals surface area (Å²) in [5.74, 6) is 0.590. The summed E-state index contributed by atoms with van der Waals surface area (Å²) >= 11 is 1.74. The third-order valence-electron chi connectivity index (χ3n) is 7.76. The Bertz CT molecular complexity index is 1480. The number of aromatic amines is 2. The number of carbonyl (C=O) groups excluding carboxylic acids is 1. The van der Waals surface area contributed by atoms with E-state index in [-0.39, 0.29) is 17.5 Å². The van der Waals surface area contributed by atoms with Gasteiger partial charge >= 0.3 is 0 Å². The van der Waals surface area contributed by atoms with E-state index in [0.29, 0.717) is 17.9 Å². The summed E-state index contributed by atoms with van der Waals surface area (Å²) in [5, 5.41) is 5.67. The van der Waals surface area contributed by atoms with Crippen molar-refractivity contribution >= 4 is 34.0 Å².